The minimum Gasteiger partial charge on any atom is -0.469 e. The number of fused-ring (bicyclic) bond motifs is 2. The highest BCUT2D eigenvalue weighted by molar-refractivity contribution is 6.07. The van der Waals surface area contributed by atoms with Crippen LogP contribution in [0.5, 0.6) is 0 Å². The summed E-state index contributed by atoms with van der Waals surface area (Å²) in [6.45, 7) is 2.92. The molecular formula is C24H20N4O3. The number of para-hydroxylation sites is 1. The number of anilines is 2. The minimum atomic E-state index is -0.306. The second-order valence-electron chi connectivity index (χ2n) is 7.42. The van der Waals surface area contributed by atoms with Crippen molar-refractivity contribution in [1.82, 2.24) is 9.55 Å². The molecular weight excluding hydrogens is 392 g/mol. The minimum absolute atomic E-state index is 0.141. The molecule has 1 aromatic carbocycles. The molecule has 5 rings (SSSR count). The fourth-order valence-electron chi connectivity index (χ4n) is 3.82. The van der Waals surface area contributed by atoms with E-state index < -0.39 is 0 Å². The summed E-state index contributed by atoms with van der Waals surface area (Å²) in [4.78, 5) is 31.8. The van der Waals surface area contributed by atoms with Gasteiger partial charge in [-0.15, -0.1) is 0 Å². The molecule has 0 radical (unpaired) electrons. The molecule has 0 saturated carbocycles. The summed E-state index contributed by atoms with van der Waals surface area (Å²) in [6.07, 6.45) is 4.99. The number of nitrogens with zero attached hydrogens (tertiary/aromatic N) is 3. The van der Waals surface area contributed by atoms with E-state index in [4.69, 9.17) is 4.42 Å². The maximum Gasteiger partial charge on any atom is 0.260 e. The number of hydrogen-bond acceptors (Lipinski definition) is 4. The maximum absolute atomic E-state index is 13.4. The number of rotatable bonds is 3. The number of nitrogens with one attached hydrogen (secondary N) is 1. The summed E-state index contributed by atoms with van der Waals surface area (Å²) in [6, 6.07) is 16.9. The van der Waals surface area contributed by atoms with E-state index in [9.17, 15) is 9.59 Å². The predicted octanol–water partition coefficient (Wildman–Crippen LogP) is 4.25. The normalized spacial score (nSPS) is 12.6. The van der Waals surface area contributed by atoms with Gasteiger partial charge in [0.15, 0.2) is 0 Å². The summed E-state index contributed by atoms with van der Waals surface area (Å²) in [5.74, 6) is 0.458. The molecule has 0 atom stereocenters. The van der Waals surface area contributed by atoms with Gasteiger partial charge in [-0.25, -0.2) is 4.98 Å². The van der Waals surface area contributed by atoms with Crippen LogP contribution in [0.25, 0.3) is 0 Å². The van der Waals surface area contributed by atoms with Crippen LogP contribution in [-0.4, -0.2) is 21.4 Å². The Labute approximate surface area is 178 Å². The Kier molecular flexibility index (Phi) is 4.63. The van der Waals surface area contributed by atoms with Crippen molar-refractivity contribution in [2.45, 2.75) is 20.0 Å². The number of hydrogen-bond donors (Lipinski definition) is 1. The molecule has 2 amide bonds. The monoisotopic (exact) mass is 412 g/mol. The molecule has 4 aromatic rings. The molecule has 0 fully saturated rings. The van der Waals surface area contributed by atoms with Crippen molar-refractivity contribution in [2.75, 3.05) is 10.2 Å². The van der Waals surface area contributed by atoms with Crippen LogP contribution in [0, 0.1) is 6.92 Å². The van der Waals surface area contributed by atoms with Crippen LogP contribution in [0.2, 0.25) is 0 Å². The molecule has 31 heavy (non-hydrogen) atoms. The molecule has 0 bridgehead atoms. The van der Waals surface area contributed by atoms with Gasteiger partial charge in [0.25, 0.3) is 11.8 Å². The molecule has 4 heterocycles. The number of amides is 2. The van der Waals surface area contributed by atoms with Gasteiger partial charge in [-0.1, -0.05) is 18.2 Å². The van der Waals surface area contributed by atoms with E-state index in [-0.39, 0.29) is 11.8 Å². The first-order chi connectivity index (χ1) is 15.1. The first-order valence-corrected chi connectivity index (χ1v) is 9.95. The lowest BCUT2D eigenvalue weighted by molar-refractivity contribution is 0.0983. The Balaban J connectivity index is 1.40. The molecule has 7 nitrogen and oxygen atoms in total. The van der Waals surface area contributed by atoms with E-state index >= 15 is 0 Å². The zero-order valence-corrected chi connectivity index (χ0v) is 16.9. The van der Waals surface area contributed by atoms with Crippen LogP contribution in [0.3, 0.4) is 0 Å². The van der Waals surface area contributed by atoms with Gasteiger partial charge >= 0.3 is 0 Å². The highest BCUT2D eigenvalue weighted by atomic mass is 16.3. The van der Waals surface area contributed by atoms with Gasteiger partial charge in [-0.05, 0) is 48.9 Å². The van der Waals surface area contributed by atoms with Crippen molar-refractivity contribution in [3.05, 3.63) is 101 Å². The zero-order valence-electron chi connectivity index (χ0n) is 16.9. The number of aromatic nitrogens is 2. The first-order valence-electron chi connectivity index (χ1n) is 9.95. The SMILES string of the molecule is Cc1occc1C(=O)Nc1ccc(C(=O)N2Cc3cccn3Cc3ccccc32)cn1. The van der Waals surface area contributed by atoms with Crippen molar-refractivity contribution in [2.24, 2.45) is 0 Å². The van der Waals surface area contributed by atoms with Gasteiger partial charge in [-0.3, -0.25) is 9.59 Å². The first kappa shape index (κ1) is 18.9. The quantitative estimate of drug-likeness (QED) is 0.546. The second-order valence-corrected chi connectivity index (χ2v) is 7.42. The topological polar surface area (TPSA) is 80.4 Å². The molecule has 0 spiro atoms. The van der Waals surface area contributed by atoms with Crippen molar-refractivity contribution in [1.29, 1.82) is 0 Å². The highest BCUT2D eigenvalue weighted by Gasteiger charge is 2.25. The van der Waals surface area contributed by atoms with E-state index in [1.165, 1.54) is 12.5 Å². The van der Waals surface area contributed by atoms with Crippen LogP contribution >= 0.6 is 0 Å². The van der Waals surface area contributed by atoms with Gasteiger partial charge in [0, 0.05) is 30.3 Å². The molecule has 154 valence electrons. The number of furan rings is 1. The van der Waals surface area contributed by atoms with Crippen molar-refractivity contribution in [3.63, 3.8) is 0 Å². The number of aryl methyl sites for hydroxylation is 1. The van der Waals surface area contributed by atoms with Crippen molar-refractivity contribution in [3.8, 4) is 0 Å². The fraction of sp³-hybridized carbons (Fsp3) is 0.125. The Morgan fingerprint density at radius 1 is 1.03 bits per heavy atom. The summed E-state index contributed by atoms with van der Waals surface area (Å²) in [5, 5.41) is 2.73. The molecule has 7 heteroatoms. The summed E-state index contributed by atoms with van der Waals surface area (Å²) in [5.41, 5.74) is 3.94. The average Bonchev–Trinajstić information content (AvgIpc) is 3.38. The summed E-state index contributed by atoms with van der Waals surface area (Å²) in [7, 11) is 0. The highest BCUT2D eigenvalue weighted by Crippen LogP contribution is 2.29. The molecule has 1 aliphatic rings. The molecule has 1 aliphatic heterocycles. The number of carbonyl (C=O) groups excluding carboxylic acids is 2. The Morgan fingerprint density at radius 3 is 2.68 bits per heavy atom. The Bertz CT molecular complexity index is 1270. The van der Waals surface area contributed by atoms with Crippen LogP contribution in [-0.2, 0) is 13.1 Å². The van der Waals surface area contributed by atoms with Crippen LogP contribution in [0.1, 0.15) is 37.7 Å². The van der Waals surface area contributed by atoms with Crippen LogP contribution in [0.15, 0.2) is 77.7 Å². The van der Waals surface area contributed by atoms with Gasteiger partial charge in [0.05, 0.1) is 23.9 Å². The van der Waals surface area contributed by atoms with Gasteiger partial charge < -0.3 is 19.2 Å². The molecule has 1 N–H and O–H groups in total. The third-order valence-corrected chi connectivity index (χ3v) is 5.47. The van der Waals surface area contributed by atoms with E-state index in [0.717, 1.165) is 23.5 Å². The fourth-order valence-corrected chi connectivity index (χ4v) is 3.82. The smallest absolute Gasteiger partial charge is 0.260 e. The molecule has 0 unspecified atom stereocenters. The number of carbonyl (C=O) groups is 2. The lowest BCUT2D eigenvalue weighted by atomic mass is 10.1. The van der Waals surface area contributed by atoms with Gasteiger partial charge in [0.2, 0.25) is 0 Å². The standard InChI is InChI=1S/C24H20N4O3/c1-16-20(10-12-31-16)23(29)26-22-9-8-17(13-25-22)24(30)28-15-19-6-4-11-27(19)14-18-5-2-3-7-21(18)28/h2-13H,14-15H2,1H3,(H,25,26,29). The molecule has 0 saturated heterocycles. The van der Waals surface area contributed by atoms with Gasteiger partial charge in [0.1, 0.15) is 11.6 Å². The number of pyridine rings is 1. The third kappa shape index (κ3) is 3.50. The second kappa shape index (κ2) is 7.60. The van der Waals surface area contributed by atoms with Crippen molar-refractivity contribution < 1.29 is 14.0 Å². The molecule has 3 aromatic heterocycles. The lowest BCUT2D eigenvalue weighted by Crippen LogP contribution is -2.30. The Morgan fingerprint density at radius 2 is 1.90 bits per heavy atom. The van der Waals surface area contributed by atoms with E-state index in [1.54, 1.807) is 30.0 Å². The number of benzene rings is 1. The average molecular weight is 412 g/mol. The Hall–Kier alpha value is -4.13. The summed E-state index contributed by atoms with van der Waals surface area (Å²) >= 11 is 0. The summed E-state index contributed by atoms with van der Waals surface area (Å²) < 4.78 is 7.32. The predicted molar refractivity (Wildman–Crippen MR) is 116 cm³/mol. The molecule has 0 aliphatic carbocycles. The van der Waals surface area contributed by atoms with E-state index in [0.29, 0.717) is 29.2 Å². The van der Waals surface area contributed by atoms with Gasteiger partial charge in [-0.2, -0.15) is 0 Å². The van der Waals surface area contributed by atoms with E-state index in [1.807, 2.05) is 42.6 Å². The van der Waals surface area contributed by atoms with Crippen LogP contribution in [0.4, 0.5) is 11.5 Å². The third-order valence-electron chi connectivity index (χ3n) is 5.47. The lowest BCUT2D eigenvalue weighted by Gasteiger charge is -2.22. The largest absolute Gasteiger partial charge is 0.469 e. The van der Waals surface area contributed by atoms with Crippen LogP contribution < -0.4 is 10.2 Å². The van der Waals surface area contributed by atoms with E-state index in [2.05, 4.69) is 14.9 Å². The zero-order chi connectivity index (χ0) is 21.4. The maximum atomic E-state index is 13.4. The van der Waals surface area contributed by atoms with Crippen molar-refractivity contribution >= 4 is 23.3 Å².